The summed E-state index contributed by atoms with van der Waals surface area (Å²) in [4.78, 5) is -0.113. The Morgan fingerprint density at radius 3 is 2.47 bits per heavy atom. The van der Waals surface area contributed by atoms with Gasteiger partial charge in [-0.25, -0.2) is 8.42 Å². The molecular formula is C10H14FNO4S. The largest absolute Gasteiger partial charge is 0.382 e. The van der Waals surface area contributed by atoms with Crippen LogP contribution in [0, 0.1) is 0 Å². The van der Waals surface area contributed by atoms with Crippen LogP contribution in [0.3, 0.4) is 0 Å². The van der Waals surface area contributed by atoms with E-state index >= 15 is 0 Å². The molecule has 1 aromatic rings. The summed E-state index contributed by atoms with van der Waals surface area (Å²) in [6, 6.07) is 7.32. The normalized spacial score (nSPS) is 11.9. The van der Waals surface area contributed by atoms with Gasteiger partial charge in [0.1, 0.15) is 6.73 Å². The molecule has 1 rings (SSSR count). The van der Waals surface area contributed by atoms with Crippen molar-refractivity contribution in [3.8, 4) is 0 Å². The Morgan fingerprint density at radius 2 is 1.88 bits per heavy atom. The van der Waals surface area contributed by atoms with Crippen molar-refractivity contribution >= 4 is 10.0 Å². The fraction of sp³-hybridized carbons (Fsp3) is 0.400. The van der Waals surface area contributed by atoms with Gasteiger partial charge in [-0.05, 0) is 16.7 Å². The first kappa shape index (κ1) is 14.0. The van der Waals surface area contributed by atoms with Gasteiger partial charge in [0.05, 0.1) is 18.1 Å². The standard InChI is InChI=1S/C10H14FNO4S/c1-15-7-8-16-9-12(11)17(13,14)10-5-3-2-4-6-10/h2-6H,7-9H2,1H3. The van der Waals surface area contributed by atoms with E-state index in [1.54, 1.807) is 6.07 Å². The molecule has 0 fully saturated rings. The lowest BCUT2D eigenvalue weighted by Crippen LogP contribution is -2.26. The molecule has 0 N–H and O–H groups in total. The van der Waals surface area contributed by atoms with Gasteiger partial charge >= 0.3 is 0 Å². The van der Waals surface area contributed by atoms with Gasteiger partial charge in [0.2, 0.25) is 0 Å². The lowest BCUT2D eigenvalue weighted by atomic mass is 10.4. The zero-order chi connectivity index (χ0) is 12.7. The maximum absolute atomic E-state index is 13.4. The highest BCUT2D eigenvalue weighted by Crippen LogP contribution is 2.14. The fourth-order valence-electron chi connectivity index (χ4n) is 1.05. The minimum Gasteiger partial charge on any atom is -0.382 e. The van der Waals surface area contributed by atoms with Crippen LogP contribution in [0.1, 0.15) is 0 Å². The molecule has 0 saturated carbocycles. The average molecular weight is 263 g/mol. The minimum atomic E-state index is -4.13. The SMILES string of the molecule is COCCOCN(F)S(=O)(=O)c1ccccc1. The van der Waals surface area contributed by atoms with Crippen LogP contribution >= 0.6 is 0 Å². The molecule has 5 nitrogen and oxygen atoms in total. The number of rotatable bonds is 7. The van der Waals surface area contributed by atoms with Crippen molar-refractivity contribution in [2.75, 3.05) is 27.1 Å². The van der Waals surface area contributed by atoms with Crippen LogP contribution in [0.4, 0.5) is 4.48 Å². The van der Waals surface area contributed by atoms with Gasteiger partial charge in [-0.15, -0.1) is 4.48 Å². The van der Waals surface area contributed by atoms with E-state index in [-0.39, 0.29) is 22.6 Å². The highest BCUT2D eigenvalue weighted by molar-refractivity contribution is 7.89. The van der Waals surface area contributed by atoms with Gasteiger partial charge in [0.15, 0.2) is 0 Å². The Hall–Kier alpha value is -1.02. The first-order valence-electron chi connectivity index (χ1n) is 4.89. The summed E-state index contributed by atoms with van der Waals surface area (Å²) in [6.07, 6.45) is 0. The summed E-state index contributed by atoms with van der Waals surface area (Å²) < 4.78 is 45.8. The van der Waals surface area contributed by atoms with E-state index in [0.717, 1.165) is 0 Å². The molecule has 0 bridgehead atoms. The lowest BCUT2D eigenvalue weighted by molar-refractivity contribution is -0.0306. The van der Waals surface area contributed by atoms with Crippen LogP contribution in [0.15, 0.2) is 35.2 Å². The molecule has 0 heterocycles. The van der Waals surface area contributed by atoms with Crippen molar-refractivity contribution in [2.45, 2.75) is 4.90 Å². The summed E-state index contributed by atoms with van der Waals surface area (Å²) in [7, 11) is -2.66. The van der Waals surface area contributed by atoms with Crippen molar-refractivity contribution in [3.63, 3.8) is 0 Å². The van der Waals surface area contributed by atoms with Gasteiger partial charge in [0, 0.05) is 7.11 Å². The monoisotopic (exact) mass is 263 g/mol. The molecule has 17 heavy (non-hydrogen) atoms. The van der Waals surface area contributed by atoms with Crippen molar-refractivity contribution < 1.29 is 22.4 Å². The van der Waals surface area contributed by atoms with Crippen LogP contribution in [-0.4, -0.2) is 40.0 Å². The van der Waals surface area contributed by atoms with E-state index in [4.69, 9.17) is 4.74 Å². The molecular weight excluding hydrogens is 249 g/mol. The Labute approximate surface area is 99.7 Å². The molecule has 0 amide bonds. The van der Waals surface area contributed by atoms with E-state index < -0.39 is 16.8 Å². The molecule has 0 aliphatic rings. The van der Waals surface area contributed by atoms with Crippen LogP contribution < -0.4 is 0 Å². The predicted octanol–water partition coefficient (Wildman–Crippen LogP) is 1.18. The van der Waals surface area contributed by atoms with Crippen LogP contribution in [0.2, 0.25) is 0 Å². The smallest absolute Gasteiger partial charge is 0.271 e. The quantitative estimate of drug-likeness (QED) is 0.421. The zero-order valence-electron chi connectivity index (χ0n) is 9.37. The van der Waals surface area contributed by atoms with E-state index in [1.165, 1.54) is 31.4 Å². The Bertz CT molecular complexity index is 423. The average Bonchev–Trinajstić information content (AvgIpc) is 2.35. The third-order valence-electron chi connectivity index (χ3n) is 1.93. The number of hydrogen-bond donors (Lipinski definition) is 0. The zero-order valence-corrected chi connectivity index (χ0v) is 10.2. The van der Waals surface area contributed by atoms with Gasteiger partial charge in [-0.1, -0.05) is 18.2 Å². The van der Waals surface area contributed by atoms with Crippen molar-refractivity contribution in [3.05, 3.63) is 30.3 Å². The molecule has 0 aromatic heterocycles. The highest BCUT2D eigenvalue weighted by atomic mass is 32.2. The van der Waals surface area contributed by atoms with E-state index in [2.05, 4.69) is 4.74 Å². The molecule has 0 atom stereocenters. The molecule has 0 unspecified atom stereocenters. The van der Waals surface area contributed by atoms with Gasteiger partial charge in [-0.3, -0.25) is 0 Å². The molecule has 0 aliphatic carbocycles. The van der Waals surface area contributed by atoms with Crippen molar-refractivity contribution in [1.82, 2.24) is 4.53 Å². The Balaban J connectivity index is 2.59. The maximum Gasteiger partial charge on any atom is 0.271 e. The van der Waals surface area contributed by atoms with Crippen molar-refractivity contribution in [2.24, 2.45) is 0 Å². The molecule has 0 spiro atoms. The summed E-state index contributed by atoms with van der Waals surface area (Å²) in [5, 5.41) is 0. The molecule has 0 saturated heterocycles. The van der Waals surface area contributed by atoms with Crippen LogP contribution in [-0.2, 0) is 19.5 Å². The number of halogens is 1. The van der Waals surface area contributed by atoms with Gasteiger partial charge in [-0.2, -0.15) is 0 Å². The summed E-state index contributed by atoms with van der Waals surface area (Å²) in [5.74, 6) is 0. The van der Waals surface area contributed by atoms with E-state index in [0.29, 0.717) is 0 Å². The second-order valence-corrected chi connectivity index (χ2v) is 4.95. The van der Waals surface area contributed by atoms with Gasteiger partial charge in [0.25, 0.3) is 10.0 Å². The third kappa shape index (κ3) is 4.04. The van der Waals surface area contributed by atoms with E-state index in [9.17, 15) is 12.9 Å². The highest BCUT2D eigenvalue weighted by Gasteiger charge is 2.24. The minimum absolute atomic E-state index is 0.113. The van der Waals surface area contributed by atoms with E-state index in [1.807, 2.05) is 0 Å². The number of ether oxygens (including phenoxy) is 2. The molecule has 0 aliphatic heterocycles. The first-order valence-corrected chi connectivity index (χ1v) is 6.33. The molecule has 0 radical (unpaired) electrons. The number of nitrogens with zero attached hydrogens (tertiary/aromatic N) is 1. The second-order valence-electron chi connectivity index (χ2n) is 3.14. The van der Waals surface area contributed by atoms with Crippen molar-refractivity contribution in [1.29, 1.82) is 0 Å². The van der Waals surface area contributed by atoms with Crippen LogP contribution in [0.5, 0.6) is 0 Å². The third-order valence-corrected chi connectivity index (χ3v) is 3.42. The molecule has 7 heteroatoms. The van der Waals surface area contributed by atoms with Crippen LogP contribution in [0.25, 0.3) is 0 Å². The predicted molar refractivity (Wildman–Crippen MR) is 59.3 cm³/mol. The second kappa shape index (κ2) is 6.65. The first-order chi connectivity index (χ1) is 8.09. The number of benzene rings is 1. The topological polar surface area (TPSA) is 55.8 Å². The molecule has 96 valence electrons. The molecule has 1 aromatic carbocycles. The maximum atomic E-state index is 13.4. The fourth-order valence-corrected chi connectivity index (χ4v) is 2.00. The number of methoxy groups -OCH3 is 1. The summed E-state index contributed by atoms with van der Waals surface area (Å²) in [6.45, 7) is -0.249. The Kier molecular flexibility index (Phi) is 5.49. The number of sulfonamides is 1. The summed E-state index contributed by atoms with van der Waals surface area (Å²) in [5.41, 5.74) is 0. The lowest BCUT2D eigenvalue weighted by Gasteiger charge is -2.12. The Morgan fingerprint density at radius 1 is 1.24 bits per heavy atom. The number of hydrogen-bond acceptors (Lipinski definition) is 4. The van der Waals surface area contributed by atoms with Gasteiger partial charge < -0.3 is 9.47 Å². The summed E-state index contributed by atoms with van der Waals surface area (Å²) >= 11 is 0.